The zero-order valence-electron chi connectivity index (χ0n) is 10.8. The summed E-state index contributed by atoms with van der Waals surface area (Å²) in [6.07, 6.45) is 5.09. The number of imidazole rings is 1. The first-order chi connectivity index (χ1) is 7.52. The third kappa shape index (κ3) is 3.72. The van der Waals surface area contributed by atoms with Crippen molar-refractivity contribution in [2.24, 2.45) is 5.92 Å². The first kappa shape index (κ1) is 12.8. The number of rotatable bonds is 6. The molecule has 90 valence electrons. The highest BCUT2D eigenvalue weighted by Gasteiger charge is 2.09. The fourth-order valence-electron chi connectivity index (χ4n) is 1.93. The van der Waals surface area contributed by atoms with Crippen LogP contribution in [0.2, 0.25) is 0 Å². The van der Waals surface area contributed by atoms with E-state index in [2.05, 4.69) is 42.2 Å². The van der Waals surface area contributed by atoms with Crippen LogP contribution in [0.4, 0.5) is 5.95 Å². The number of hydrogen-bond acceptors (Lipinski definition) is 2. The van der Waals surface area contributed by atoms with Gasteiger partial charge in [0.1, 0.15) is 0 Å². The van der Waals surface area contributed by atoms with Crippen molar-refractivity contribution in [1.29, 1.82) is 0 Å². The summed E-state index contributed by atoms with van der Waals surface area (Å²) in [5, 5.41) is 3.45. The molecule has 0 spiro atoms. The number of hydrogen-bond donors (Lipinski definition) is 1. The predicted octanol–water partition coefficient (Wildman–Crippen LogP) is 3.22. The quantitative estimate of drug-likeness (QED) is 0.747. The van der Waals surface area contributed by atoms with Crippen LogP contribution in [0.25, 0.3) is 0 Å². The monoisotopic (exact) mass is 221 g/mol. The van der Waals surface area contributed by atoms with Gasteiger partial charge in [0, 0.05) is 18.8 Å². The molecule has 0 aliphatic heterocycles. The van der Waals surface area contributed by atoms with Gasteiger partial charge in [0.25, 0.3) is 0 Å². The highest BCUT2D eigenvalue weighted by atomic mass is 15.2. The molecule has 1 aromatic heterocycles. The Morgan fingerprint density at radius 1 is 1.50 bits per heavy atom. The highest BCUT2D eigenvalue weighted by molar-refractivity contribution is 5.30. The average molecular weight is 221 g/mol. The molecule has 0 saturated heterocycles. The van der Waals surface area contributed by atoms with E-state index in [1.54, 1.807) is 0 Å². The molecule has 1 aromatic rings. The molecule has 0 bridgehead atoms. The lowest BCUT2D eigenvalue weighted by molar-refractivity contribution is 0.535. The number of aryl methyl sites for hydroxylation is 1. The third-order valence-corrected chi connectivity index (χ3v) is 2.42. The second-order valence-electron chi connectivity index (χ2n) is 4.82. The van der Waals surface area contributed by atoms with E-state index in [4.69, 9.17) is 0 Å². The van der Waals surface area contributed by atoms with E-state index in [9.17, 15) is 0 Å². The van der Waals surface area contributed by atoms with Gasteiger partial charge in [0.15, 0.2) is 0 Å². The zero-order valence-corrected chi connectivity index (χ0v) is 10.8. The first-order valence-electron chi connectivity index (χ1n) is 5.94. The van der Waals surface area contributed by atoms with Crippen molar-refractivity contribution in [3.05, 3.63) is 24.5 Å². The average Bonchev–Trinajstić information content (AvgIpc) is 2.45. The van der Waals surface area contributed by atoms with Gasteiger partial charge in [-0.15, -0.1) is 6.58 Å². The Kier molecular flexibility index (Phi) is 4.59. The molecule has 0 fully saturated rings. The van der Waals surface area contributed by atoms with Crippen molar-refractivity contribution in [3.8, 4) is 0 Å². The van der Waals surface area contributed by atoms with Crippen molar-refractivity contribution in [3.63, 3.8) is 0 Å². The van der Waals surface area contributed by atoms with Crippen LogP contribution < -0.4 is 5.32 Å². The summed E-state index contributed by atoms with van der Waals surface area (Å²) in [5.41, 5.74) is 1.04. The van der Waals surface area contributed by atoms with Gasteiger partial charge in [-0.2, -0.15) is 0 Å². The second kappa shape index (κ2) is 5.73. The molecule has 1 N–H and O–H groups in total. The van der Waals surface area contributed by atoms with Crippen LogP contribution in [0.5, 0.6) is 0 Å². The minimum atomic E-state index is 0.449. The van der Waals surface area contributed by atoms with Crippen LogP contribution in [-0.2, 0) is 6.54 Å². The van der Waals surface area contributed by atoms with Crippen molar-refractivity contribution in [2.45, 2.75) is 46.7 Å². The third-order valence-electron chi connectivity index (χ3n) is 2.42. The van der Waals surface area contributed by atoms with Gasteiger partial charge in [-0.1, -0.05) is 19.9 Å². The largest absolute Gasteiger partial charge is 0.353 e. The fraction of sp³-hybridized carbons (Fsp3) is 0.615. The fourth-order valence-corrected chi connectivity index (χ4v) is 1.93. The number of allylic oxidation sites excluding steroid dienone is 1. The molecule has 0 amide bonds. The van der Waals surface area contributed by atoms with Gasteiger partial charge < -0.3 is 9.88 Å². The molecular weight excluding hydrogens is 198 g/mol. The minimum absolute atomic E-state index is 0.449. The standard InChI is InChI=1S/C13H23N3/c1-6-7-16-9-12(5)15-13(16)14-11(4)8-10(2)3/h6,9-11H,1,7-8H2,2-5H3,(H,14,15). The highest BCUT2D eigenvalue weighted by Crippen LogP contribution is 2.13. The van der Waals surface area contributed by atoms with Crippen LogP contribution in [0.15, 0.2) is 18.9 Å². The first-order valence-corrected chi connectivity index (χ1v) is 5.94. The summed E-state index contributed by atoms with van der Waals surface area (Å²) < 4.78 is 2.10. The van der Waals surface area contributed by atoms with Gasteiger partial charge in [0.05, 0.1) is 5.69 Å². The molecule has 0 radical (unpaired) electrons. The van der Waals surface area contributed by atoms with Gasteiger partial charge in [-0.05, 0) is 26.2 Å². The summed E-state index contributed by atoms with van der Waals surface area (Å²) in [7, 11) is 0. The Bertz CT molecular complexity index is 339. The Labute approximate surface area is 98.6 Å². The normalized spacial score (nSPS) is 12.8. The molecule has 0 aliphatic carbocycles. The van der Waals surface area contributed by atoms with E-state index in [1.165, 1.54) is 0 Å². The summed E-state index contributed by atoms with van der Waals surface area (Å²) in [4.78, 5) is 4.48. The smallest absolute Gasteiger partial charge is 0.203 e. The molecule has 3 nitrogen and oxygen atoms in total. The lowest BCUT2D eigenvalue weighted by Crippen LogP contribution is -2.20. The molecule has 0 aliphatic rings. The van der Waals surface area contributed by atoms with Crippen LogP contribution >= 0.6 is 0 Å². The maximum atomic E-state index is 4.48. The van der Waals surface area contributed by atoms with Crippen LogP contribution in [0, 0.1) is 12.8 Å². The predicted molar refractivity (Wildman–Crippen MR) is 69.7 cm³/mol. The summed E-state index contributed by atoms with van der Waals surface area (Å²) >= 11 is 0. The molecule has 1 unspecified atom stereocenters. The van der Waals surface area contributed by atoms with E-state index < -0.39 is 0 Å². The lowest BCUT2D eigenvalue weighted by Gasteiger charge is -2.17. The minimum Gasteiger partial charge on any atom is -0.353 e. The molecule has 1 heterocycles. The van der Waals surface area contributed by atoms with Gasteiger partial charge >= 0.3 is 0 Å². The lowest BCUT2D eigenvalue weighted by atomic mass is 10.1. The van der Waals surface area contributed by atoms with Crippen molar-refractivity contribution < 1.29 is 0 Å². The van der Waals surface area contributed by atoms with Crippen molar-refractivity contribution in [1.82, 2.24) is 9.55 Å². The van der Waals surface area contributed by atoms with Gasteiger partial charge in [0.2, 0.25) is 5.95 Å². The molecule has 0 saturated carbocycles. The number of anilines is 1. The Morgan fingerprint density at radius 3 is 2.75 bits per heavy atom. The van der Waals surface area contributed by atoms with Crippen LogP contribution in [-0.4, -0.2) is 15.6 Å². The maximum absolute atomic E-state index is 4.48. The Balaban J connectivity index is 2.67. The number of aromatic nitrogens is 2. The molecular formula is C13H23N3. The topological polar surface area (TPSA) is 29.9 Å². The molecule has 1 atom stereocenters. The van der Waals surface area contributed by atoms with E-state index in [0.717, 1.165) is 24.6 Å². The van der Waals surface area contributed by atoms with E-state index in [-0.39, 0.29) is 0 Å². The van der Waals surface area contributed by atoms with E-state index in [1.807, 2.05) is 19.2 Å². The molecule has 0 aromatic carbocycles. The van der Waals surface area contributed by atoms with E-state index in [0.29, 0.717) is 12.0 Å². The van der Waals surface area contributed by atoms with Gasteiger partial charge in [-0.25, -0.2) is 4.98 Å². The van der Waals surface area contributed by atoms with Crippen molar-refractivity contribution >= 4 is 5.95 Å². The van der Waals surface area contributed by atoms with Crippen LogP contribution in [0.1, 0.15) is 32.9 Å². The number of nitrogens with zero attached hydrogens (tertiary/aromatic N) is 2. The number of nitrogens with one attached hydrogen (secondary N) is 1. The van der Waals surface area contributed by atoms with Gasteiger partial charge in [-0.3, -0.25) is 0 Å². The van der Waals surface area contributed by atoms with Crippen molar-refractivity contribution in [2.75, 3.05) is 5.32 Å². The zero-order chi connectivity index (χ0) is 12.1. The Hall–Kier alpha value is -1.25. The molecule has 1 rings (SSSR count). The second-order valence-corrected chi connectivity index (χ2v) is 4.82. The Morgan fingerprint density at radius 2 is 2.19 bits per heavy atom. The van der Waals surface area contributed by atoms with Crippen LogP contribution in [0.3, 0.4) is 0 Å². The summed E-state index contributed by atoms with van der Waals surface area (Å²) in [6.45, 7) is 13.2. The molecule has 16 heavy (non-hydrogen) atoms. The molecule has 3 heteroatoms. The van der Waals surface area contributed by atoms with E-state index >= 15 is 0 Å². The SMILES string of the molecule is C=CCn1cc(C)nc1NC(C)CC(C)C. The summed E-state index contributed by atoms with van der Waals surface area (Å²) in [5.74, 6) is 1.65. The maximum Gasteiger partial charge on any atom is 0.203 e. The summed E-state index contributed by atoms with van der Waals surface area (Å²) in [6, 6.07) is 0.449.